The van der Waals surface area contributed by atoms with Crippen molar-refractivity contribution >= 4 is 33.8 Å². The van der Waals surface area contributed by atoms with Crippen molar-refractivity contribution in [3.63, 3.8) is 0 Å². The molecular weight excluding hydrogens is 200 g/mol. The molecule has 0 radical (unpaired) electrons. The molecular formula is C10H9ClN2O. The summed E-state index contributed by atoms with van der Waals surface area (Å²) in [4.78, 5) is 10.7. The minimum absolute atomic E-state index is 0.239. The molecule has 0 bridgehead atoms. The number of carbonyl (C=O) groups excluding carboxylic acids is 1. The normalized spacial score (nSPS) is 9.50. The van der Waals surface area contributed by atoms with E-state index in [1.54, 1.807) is 24.3 Å². The minimum Gasteiger partial charge on any atom is -0.398 e. The molecule has 3 nitrogen and oxygen atoms in total. The van der Waals surface area contributed by atoms with Crippen molar-refractivity contribution in [2.75, 3.05) is 5.73 Å². The third kappa shape index (κ3) is 2.00. The number of hydrogen-bond donors (Lipinski definition) is 2. The standard InChI is InChI=1S/C10H9ClN2O/c1-6(9(13)10(11)14)7-4-2-3-5-8(7)12/h2-5,13H,1,12H2. The van der Waals surface area contributed by atoms with Crippen LogP contribution in [0.4, 0.5) is 5.69 Å². The Bertz CT molecular complexity index is 412. The molecule has 14 heavy (non-hydrogen) atoms. The summed E-state index contributed by atoms with van der Waals surface area (Å²) in [6, 6.07) is 6.87. The number of rotatable bonds is 3. The number of nitrogen functional groups attached to an aromatic ring is 1. The Kier molecular flexibility index (Phi) is 3.04. The third-order valence-corrected chi connectivity index (χ3v) is 1.97. The highest BCUT2D eigenvalue weighted by Gasteiger charge is 2.13. The molecule has 0 atom stereocenters. The molecule has 0 fully saturated rings. The van der Waals surface area contributed by atoms with Crippen LogP contribution in [0.25, 0.3) is 5.57 Å². The first-order chi connectivity index (χ1) is 6.54. The van der Waals surface area contributed by atoms with Gasteiger partial charge in [-0.15, -0.1) is 0 Å². The van der Waals surface area contributed by atoms with Gasteiger partial charge in [-0.1, -0.05) is 24.8 Å². The average Bonchev–Trinajstić information content (AvgIpc) is 2.16. The highest BCUT2D eigenvalue weighted by molar-refractivity contribution is 6.86. The topological polar surface area (TPSA) is 66.9 Å². The number of hydrogen-bond acceptors (Lipinski definition) is 3. The Balaban J connectivity index is 3.08. The highest BCUT2D eigenvalue weighted by Crippen LogP contribution is 2.20. The van der Waals surface area contributed by atoms with E-state index < -0.39 is 5.24 Å². The second-order valence-electron chi connectivity index (χ2n) is 2.71. The van der Waals surface area contributed by atoms with Crippen LogP contribution < -0.4 is 5.73 Å². The maximum Gasteiger partial charge on any atom is 0.270 e. The molecule has 0 aliphatic heterocycles. The molecule has 0 aromatic heterocycles. The van der Waals surface area contributed by atoms with Gasteiger partial charge >= 0.3 is 0 Å². The van der Waals surface area contributed by atoms with E-state index in [1.807, 2.05) is 0 Å². The predicted octanol–water partition coefficient (Wildman–Crippen LogP) is 2.07. The zero-order valence-electron chi connectivity index (χ0n) is 7.38. The van der Waals surface area contributed by atoms with Crippen molar-refractivity contribution in [2.45, 2.75) is 0 Å². The largest absolute Gasteiger partial charge is 0.398 e. The van der Waals surface area contributed by atoms with Crippen molar-refractivity contribution in [1.29, 1.82) is 5.41 Å². The van der Waals surface area contributed by atoms with Gasteiger partial charge in [0.1, 0.15) is 5.71 Å². The van der Waals surface area contributed by atoms with Crippen molar-refractivity contribution in [3.05, 3.63) is 36.4 Å². The first-order valence-electron chi connectivity index (χ1n) is 3.86. The van der Waals surface area contributed by atoms with Crippen molar-refractivity contribution in [1.82, 2.24) is 0 Å². The second-order valence-corrected chi connectivity index (χ2v) is 3.06. The highest BCUT2D eigenvalue weighted by atomic mass is 35.5. The van der Waals surface area contributed by atoms with Gasteiger partial charge in [0.25, 0.3) is 5.24 Å². The Morgan fingerprint density at radius 3 is 2.50 bits per heavy atom. The van der Waals surface area contributed by atoms with Crippen molar-refractivity contribution in [3.8, 4) is 0 Å². The van der Waals surface area contributed by atoms with Gasteiger partial charge in [0, 0.05) is 16.8 Å². The zero-order chi connectivity index (χ0) is 10.7. The van der Waals surface area contributed by atoms with E-state index >= 15 is 0 Å². The fourth-order valence-corrected chi connectivity index (χ4v) is 1.14. The summed E-state index contributed by atoms with van der Waals surface area (Å²) in [5, 5.41) is 6.51. The lowest BCUT2D eigenvalue weighted by Crippen LogP contribution is -2.08. The molecule has 1 aromatic rings. The number of benzene rings is 1. The van der Waals surface area contributed by atoms with Gasteiger partial charge < -0.3 is 5.73 Å². The summed E-state index contributed by atoms with van der Waals surface area (Å²) in [6.45, 7) is 3.60. The minimum atomic E-state index is -0.835. The van der Waals surface area contributed by atoms with Crippen LogP contribution in [0.5, 0.6) is 0 Å². The van der Waals surface area contributed by atoms with Gasteiger partial charge in [-0.25, -0.2) is 0 Å². The summed E-state index contributed by atoms with van der Waals surface area (Å²) < 4.78 is 0. The van der Waals surface area contributed by atoms with E-state index in [9.17, 15) is 4.79 Å². The smallest absolute Gasteiger partial charge is 0.270 e. The van der Waals surface area contributed by atoms with Gasteiger partial charge in [-0.05, 0) is 17.7 Å². The van der Waals surface area contributed by atoms with Gasteiger partial charge in [-0.2, -0.15) is 0 Å². The number of nitrogens with one attached hydrogen (secondary N) is 1. The molecule has 0 aliphatic rings. The first kappa shape index (κ1) is 10.5. The van der Waals surface area contributed by atoms with E-state index in [0.717, 1.165) is 0 Å². The summed E-state index contributed by atoms with van der Waals surface area (Å²) >= 11 is 5.16. The molecule has 1 aromatic carbocycles. The predicted molar refractivity (Wildman–Crippen MR) is 58.5 cm³/mol. The molecule has 4 heteroatoms. The fourth-order valence-electron chi connectivity index (χ4n) is 1.03. The molecule has 0 unspecified atom stereocenters. The monoisotopic (exact) mass is 208 g/mol. The second kappa shape index (κ2) is 4.07. The van der Waals surface area contributed by atoms with Crippen LogP contribution in [0, 0.1) is 5.41 Å². The summed E-state index contributed by atoms with van der Waals surface area (Å²) in [5.74, 6) is 0. The number of anilines is 1. The van der Waals surface area contributed by atoms with Crippen LogP contribution in [0.1, 0.15) is 5.56 Å². The van der Waals surface area contributed by atoms with Crippen LogP contribution >= 0.6 is 11.6 Å². The van der Waals surface area contributed by atoms with E-state index in [4.69, 9.17) is 22.7 Å². The number of allylic oxidation sites excluding steroid dienone is 1. The molecule has 0 spiro atoms. The molecule has 72 valence electrons. The summed E-state index contributed by atoms with van der Waals surface area (Å²) in [5.41, 5.74) is 6.59. The molecule has 0 saturated heterocycles. The Hall–Kier alpha value is -1.61. The quantitative estimate of drug-likeness (QED) is 0.454. The maximum atomic E-state index is 10.7. The third-order valence-electron chi connectivity index (χ3n) is 1.78. The number of nitrogens with two attached hydrogens (primary N) is 1. The summed E-state index contributed by atoms with van der Waals surface area (Å²) in [7, 11) is 0. The van der Waals surface area contributed by atoms with Crippen LogP contribution in [-0.4, -0.2) is 11.0 Å². The van der Waals surface area contributed by atoms with Gasteiger partial charge in [-0.3, -0.25) is 10.2 Å². The van der Waals surface area contributed by atoms with E-state index in [2.05, 4.69) is 6.58 Å². The molecule has 0 aliphatic carbocycles. The number of halogens is 1. The zero-order valence-corrected chi connectivity index (χ0v) is 8.14. The number of para-hydroxylation sites is 1. The molecule has 0 saturated carbocycles. The maximum absolute atomic E-state index is 10.7. The Morgan fingerprint density at radius 1 is 1.43 bits per heavy atom. The lowest BCUT2D eigenvalue weighted by molar-refractivity contribution is -0.106. The molecule has 0 amide bonds. The van der Waals surface area contributed by atoms with Gasteiger partial charge in [0.2, 0.25) is 0 Å². The van der Waals surface area contributed by atoms with E-state index in [0.29, 0.717) is 11.3 Å². The van der Waals surface area contributed by atoms with Crippen LogP contribution in [0.15, 0.2) is 30.8 Å². The van der Waals surface area contributed by atoms with Crippen molar-refractivity contribution in [2.24, 2.45) is 0 Å². The Labute approximate surface area is 86.7 Å². The molecule has 0 heterocycles. The first-order valence-corrected chi connectivity index (χ1v) is 4.24. The summed E-state index contributed by atoms with van der Waals surface area (Å²) in [6.07, 6.45) is 0. The van der Waals surface area contributed by atoms with Crippen molar-refractivity contribution < 1.29 is 4.79 Å². The average molecular weight is 209 g/mol. The van der Waals surface area contributed by atoms with Crippen LogP contribution in [0.3, 0.4) is 0 Å². The SMILES string of the molecule is C=C(C(=N)C(=O)Cl)c1ccccc1N. The van der Waals surface area contributed by atoms with Crippen LogP contribution in [-0.2, 0) is 4.79 Å². The van der Waals surface area contributed by atoms with Gasteiger partial charge in [0.05, 0.1) is 0 Å². The number of carbonyl (C=O) groups is 1. The van der Waals surface area contributed by atoms with E-state index in [1.165, 1.54) is 0 Å². The van der Waals surface area contributed by atoms with Crippen LogP contribution in [0.2, 0.25) is 0 Å². The fraction of sp³-hybridized carbons (Fsp3) is 0. The molecule has 3 N–H and O–H groups in total. The van der Waals surface area contributed by atoms with Gasteiger partial charge in [0.15, 0.2) is 0 Å². The lowest BCUT2D eigenvalue weighted by atomic mass is 10.0. The lowest BCUT2D eigenvalue weighted by Gasteiger charge is -2.06. The molecule has 1 rings (SSSR count). The van der Waals surface area contributed by atoms with E-state index in [-0.39, 0.29) is 11.3 Å². The Morgan fingerprint density at radius 2 is 2.00 bits per heavy atom.